The molecule has 1 aliphatic rings. The highest BCUT2D eigenvalue weighted by atomic mass is 16.4. The number of carboxylic acids is 1. The Morgan fingerprint density at radius 3 is 2.59 bits per heavy atom. The normalized spacial score (nSPS) is 21.1. The summed E-state index contributed by atoms with van der Waals surface area (Å²) in [4.78, 5) is 24.1. The minimum absolute atomic E-state index is 0.154. The molecule has 0 spiro atoms. The highest BCUT2D eigenvalue weighted by Gasteiger charge is 2.31. The summed E-state index contributed by atoms with van der Waals surface area (Å²) >= 11 is 0. The Kier molecular flexibility index (Phi) is 4.38. The number of nitrogens with one attached hydrogen (secondary N) is 1. The first kappa shape index (κ1) is 13.4. The quantitative estimate of drug-likeness (QED) is 0.713. The molecule has 0 saturated carbocycles. The highest BCUT2D eigenvalue weighted by molar-refractivity contribution is 5.77. The Morgan fingerprint density at radius 2 is 2.18 bits per heavy atom. The van der Waals surface area contributed by atoms with Crippen LogP contribution in [0.3, 0.4) is 0 Å². The smallest absolute Gasteiger partial charge is 0.318 e. The molecule has 2 atom stereocenters. The number of carbonyl (C=O) groups excluding carboxylic acids is 1. The molecule has 2 unspecified atom stereocenters. The van der Waals surface area contributed by atoms with Crippen molar-refractivity contribution in [2.24, 2.45) is 11.8 Å². The van der Waals surface area contributed by atoms with Crippen molar-refractivity contribution in [3.63, 3.8) is 0 Å². The molecule has 2 amide bonds. The number of carboxylic acid groups (broad SMARTS) is 1. The maximum atomic E-state index is 11.8. The number of carbonyl (C=O) groups is 2. The Hall–Kier alpha value is -1.70. The van der Waals surface area contributed by atoms with Crippen molar-refractivity contribution in [2.45, 2.75) is 26.3 Å². The molecule has 5 nitrogen and oxygen atoms in total. The average molecular weight is 238 g/mol. The molecule has 0 aliphatic carbocycles. The summed E-state index contributed by atoms with van der Waals surface area (Å²) in [6.07, 6.45) is 5.82. The lowest BCUT2D eigenvalue weighted by Crippen LogP contribution is -2.45. The Balaban J connectivity index is 2.50. The summed E-state index contributed by atoms with van der Waals surface area (Å²) in [5.74, 6) is 1.37. The van der Waals surface area contributed by atoms with Crippen LogP contribution in [0.2, 0.25) is 0 Å². The first-order valence-electron chi connectivity index (χ1n) is 5.70. The van der Waals surface area contributed by atoms with Crippen LogP contribution in [0.25, 0.3) is 0 Å². The Morgan fingerprint density at radius 1 is 1.53 bits per heavy atom. The number of urea groups is 1. The van der Waals surface area contributed by atoms with Gasteiger partial charge in [-0.05, 0) is 12.3 Å². The van der Waals surface area contributed by atoms with E-state index in [1.165, 1.54) is 4.90 Å². The zero-order chi connectivity index (χ0) is 13.0. The molecule has 0 aromatic carbocycles. The maximum absolute atomic E-state index is 11.8. The minimum Gasteiger partial charge on any atom is -0.481 e. The summed E-state index contributed by atoms with van der Waals surface area (Å²) in [7, 11) is 0. The fraction of sp³-hybridized carbons (Fsp3) is 0.667. The van der Waals surface area contributed by atoms with Gasteiger partial charge >= 0.3 is 12.0 Å². The van der Waals surface area contributed by atoms with Crippen LogP contribution in [0.15, 0.2) is 0 Å². The van der Waals surface area contributed by atoms with Crippen molar-refractivity contribution < 1.29 is 14.7 Å². The molecule has 1 heterocycles. The lowest BCUT2D eigenvalue weighted by atomic mass is 10.1. The van der Waals surface area contributed by atoms with E-state index in [0.717, 1.165) is 0 Å². The minimum atomic E-state index is -0.849. The van der Waals surface area contributed by atoms with E-state index >= 15 is 0 Å². The van der Waals surface area contributed by atoms with Crippen LogP contribution in [0, 0.1) is 24.2 Å². The van der Waals surface area contributed by atoms with E-state index in [9.17, 15) is 9.59 Å². The van der Waals surface area contributed by atoms with E-state index < -0.39 is 11.9 Å². The second-order valence-electron chi connectivity index (χ2n) is 4.61. The maximum Gasteiger partial charge on any atom is 0.318 e. The standard InChI is InChI=1S/C12H18N2O3/c1-4-10(8(2)3)13-12(17)14-6-5-9(7-14)11(15)16/h1,8-10H,5-7H2,2-3H3,(H,13,17)(H,15,16). The molecule has 1 aliphatic heterocycles. The molecule has 1 fully saturated rings. The largest absolute Gasteiger partial charge is 0.481 e. The van der Waals surface area contributed by atoms with Crippen LogP contribution < -0.4 is 5.32 Å². The number of amides is 2. The van der Waals surface area contributed by atoms with Crippen LogP contribution in [0.1, 0.15) is 20.3 Å². The van der Waals surface area contributed by atoms with Gasteiger partial charge in [0.25, 0.3) is 0 Å². The van der Waals surface area contributed by atoms with Crippen LogP contribution >= 0.6 is 0 Å². The number of hydrogen-bond acceptors (Lipinski definition) is 2. The summed E-state index contributed by atoms with van der Waals surface area (Å²) < 4.78 is 0. The second-order valence-corrected chi connectivity index (χ2v) is 4.61. The lowest BCUT2D eigenvalue weighted by molar-refractivity contribution is -0.141. The van der Waals surface area contributed by atoms with Crippen molar-refractivity contribution in [1.29, 1.82) is 0 Å². The SMILES string of the molecule is C#CC(NC(=O)N1CCC(C(=O)O)C1)C(C)C. The number of aliphatic carboxylic acids is 1. The molecule has 94 valence electrons. The van der Waals surface area contributed by atoms with E-state index in [1.54, 1.807) is 0 Å². The average Bonchev–Trinajstić information content (AvgIpc) is 2.74. The molecule has 0 bridgehead atoms. The number of likely N-dealkylation sites (tertiary alicyclic amines) is 1. The molecule has 0 radical (unpaired) electrons. The first-order chi connectivity index (χ1) is 7.95. The second kappa shape index (κ2) is 5.58. The topological polar surface area (TPSA) is 69.6 Å². The van der Waals surface area contributed by atoms with E-state index in [-0.39, 0.29) is 24.5 Å². The first-order valence-corrected chi connectivity index (χ1v) is 5.70. The van der Waals surface area contributed by atoms with Gasteiger partial charge in [0.1, 0.15) is 0 Å². The molecular formula is C12H18N2O3. The fourth-order valence-corrected chi connectivity index (χ4v) is 1.77. The van der Waals surface area contributed by atoms with E-state index in [1.807, 2.05) is 13.8 Å². The molecule has 0 aromatic rings. The number of nitrogens with zero attached hydrogens (tertiary/aromatic N) is 1. The van der Waals surface area contributed by atoms with Crippen LogP contribution in [0.5, 0.6) is 0 Å². The molecule has 0 aromatic heterocycles. The summed E-state index contributed by atoms with van der Waals surface area (Å²) in [5, 5.41) is 11.6. The van der Waals surface area contributed by atoms with Gasteiger partial charge < -0.3 is 15.3 Å². The van der Waals surface area contributed by atoms with Gasteiger partial charge in [0.05, 0.1) is 12.0 Å². The van der Waals surface area contributed by atoms with Crippen LogP contribution in [0.4, 0.5) is 4.79 Å². The predicted molar refractivity (Wildman–Crippen MR) is 63.3 cm³/mol. The van der Waals surface area contributed by atoms with Gasteiger partial charge in [0.15, 0.2) is 0 Å². The zero-order valence-corrected chi connectivity index (χ0v) is 10.1. The van der Waals surface area contributed by atoms with Crippen molar-refractivity contribution >= 4 is 12.0 Å². The van der Waals surface area contributed by atoms with E-state index in [0.29, 0.717) is 13.0 Å². The third kappa shape index (κ3) is 3.38. The van der Waals surface area contributed by atoms with Gasteiger partial charge in [-0.3, -0.25) is 4.79 Å². The van der Waals surface area contributed by atoms with Crippen molar-refractivity contribution in [2.75, 3.05) is 13.1 Å². The summed E-state index contributed by atoms with van der Waals surface area (Å²) in [6.45, 7) is 4.58. The molecule has 1 saturated heterocycles. The van der Waals surface area contributed by atoms with Gasteiger partial charge in [-0.1, -0.05) is 19.8 Å². The Bertz CT molecular complexity index is 346. The molecule has 1 rings (SSSR count). The van der Waals surface area contributed by atoms with Crippen molar-refractivity contribution in [1.82, 2.24) is 10.2 Å². The number of hydrogen-bond donors (Lipinski definition) is 2. The molecule has 2 N–H and O–H groups in total. The van der Waals surface area contributed by atoms with Gasteiger partial charge in [0.2, 0.25) is 0 Å². The fourth-order valence-electron chi connectivity index (χ4n) is 1.77. The van der Waals surface area contributed by atoms with Crippen molar-refractivity contribution in [3.05, 3.63) is 0 Å². The summed E-state index contributed by atoms with van der Waals surface area (Å²) in [5.41, 5.74) is 0. The molecule has 5 heteroatoms. The molecular weight excluding hydrogens is 220 g/mol. The van der Waals surface area contributed by atoms with Crippen LogP contribution in [-0.4, -0.2) is 41.1 Å². The predicted octanol–water partition coefficient (Wildman–Crippen LogP) is 0.760. The number of rotatable bonds is 3. The summed E-state index contributed by atoms with van der Waals surface area (Å²) in [6, 6.07) is -0.586. The molecule has 17 heavy (non-hydrogen) atoms. The Labute approximate surface area is 101 Å². The van der Waals surface area contributed by atoms with E-state index in [4.69, 9.17) is 11.5 Å². The van der Waals surface area contributed by atoms with Crippen molar-refractivity contribution in [3.8, 4) is 12.3 Å². The zero-order valence-electron chi connectivity index (χ0n) is 10.1. The van der Waals surface area contributed by atoms with Gasteiger partial charge in [-0.2, -0.15) is 0 Å². The van der Waals surface area contributed by atoms with Gasteiger partial charge in [0, 0.05) is 13.1 Å². The third-order valence-corrected chi connectivity index (χ3v) is 2.95. The van der Waals surface area contributed by atoms with Crippen LogP contribution in [-0.2, 0) is 4.79 Å². The van der Waals surface area contributed by atoms with Gasteiger partial charge in [-0.25, -0.2) is 4.79 Å². The number of terminal acetylenes is 1. The highest BCUT2D eigenvalue weighted by Crippen LogP contribution is 2.16. The monoisotopic (exact) mass is 238 g/mol. The van der Waals surface area contributed by atoms with E-state index in [2.05, 4.69) is 11.2 Å². The lowest BCUT2D eigenvalue weighted by Gasteiger charge is -2.22. The third-order valence-electron chi connectivity index (χ3n) is 2.95. The van der Waals surface area contributed by atoms with Gasteiger partial charge in [-0.15, -0.1) is 6.42 Å².